The van der Waals surface area contributed by atoms with E-state index in [9.17, 15) is 4.79 Å². The Labute approximate surface area is 101 Å². The molecule has 4 nitrogen and oxygen atoms in total. The second-order valence-corrected chi connectivity index (χ2v) is 4.25. The van der Waals surface area contributed by atoms with Crippen LogP contribution in [0.5, 0.6) is 0 Å². The van der Waals surface area contributed by atoms with Crippen LogP contribution >= 0.6 is 0 Å². The van der Waals surface area contributed by atoms with Gasteiger partial charge in [0.2, 0.25) is 0 Å². The number of rotatable bonds is 4. The molecule has 2 rings (SSSR count). The van der Waals surface area contributed by atoms with Gasteiger partial charge in [0, 0.05) is 31.1 Å². The highest BCUT2D eigenvalue weighted by molar-refractivity contribution is 5.55. The van der Waals surface area contributed by atoms with Gasteiger partial charge in [-0.3, -0.25) is 4.79 Å². The zero-order valence-electron chi connectivity index (χ0n) is 10.0. The van der Waals surface area contributed by atoms with Crippen molar-refractivity contribution in [3.05, 3.63) is 29.8 Å². The lowest BCUT2D eigenvalue weighted by atomic mass is 9.84. The van der Waals surface area contributed by atoms with Crippen LogP contribution in [0, 0.1) is 0 Å². The van der Waals surface area contributed by atoms with E-state index >= 15 is 0 Å². The molecule has 1 saturated heterocycles. The molecule has 1 aliphatic heterocycles. The molecule has 0 saturated carbocycles. The van der Waals surface area contributed by atoms with Crippen LogP contribution in [-0.4, -0.2) is 26.6 Å². The number of piperidine rings is 1. The number of anilines is 1. The van der Waals surface area contributed by atoms with Gasteiger partial charge in [-0.1, -0.05) is 18.2 Å². The zero-order valence-corrected chi connectivity index (χ0v) is 10.0. The van der Waals surface area contributed by atoms with Crippen molar-refractivity contribution < 1.29 is 9.53 Å². The van der Waals surface area contributed by atoms with Crippen LogP contribution in [0.25, 0.3) is 0 Å². The van der Waals surface area contributed by atoms with Crippen molar-refractivity contribution in [2.45, 2.75) is 18.4 Å². The van der Waals surface area contributed by atoms with E-state index in [1.165, 1.54) is 0 Å². The first-order chi connectivity index (χ1) is 8.32. The van der Waals surface area contributed by atoms with Crippen molar-refractivity contribution in [1.29, 1.82) is 0 Å². The second kappa shape index (κ2) is 5.19. The molecular weight excluding hydrogens is 216 g/mol. The third-order valence-corrected chi connectivity index (χ3v) is 3.37. The van der Waals surface area contributed by atoms with Gasteiger partial charge in [0.15, 0.2) is 0 Å². The van der Waals surface area contributed by atoms with Crippen molar-refractivity contribution in [2.24, 2.45) is 0 Å². The first-order valence-corrected chi connectivity index (χ1v) is 5.92. The molecule has 2 N–H and O–H groups in total. The summed E-state index contributed by atoms with van der Waals surface area (Å²) < 4.78 is 5.44. The van der Waals surface area contributed by atoms with E-state index in [1.807, 2.05) is 31.3 Å². The molecule has 0 amide bonds. The normalized spacial score (nSPS) is 18.4. The van der Waals surface area contributed by atoms with Crippen LogP contribution < -0.4 is 10.6 Å². The van der Waals surface area contributed by atoms with Gasteiger partial charge in [-0.15, -0.1) is 0 Å². The molecule has 1 heterocycles. The van der Waals surface area contributed by atoms with E-state index in [0.29, 0.717) is 6.47 Å². The minimum absolute atomic E-state index is 0.480. The van der Waals surface area contributed by atoms with Gasteiger partial charge < -0.3 is 15.4 Å². The number of para-hydroxylation sites is 1. The SMILES string of the molecule is CNc1ccccc1C1(OC=O)CCNCC1. The highest BCUT2D eigenvalue weighted by Gasteiger charge is 2.37. The first kappa shape index (κ1) is 11.9. The molecular formula is C13H18N2O2. The van der Waals surface area contributed by atoms with Crippen molar-refractivity contribution in [3.63, 3.8) is 0 Å². The molecule has 0 radical (unpaired) electrons. The maximum Gasteiger partial charge on any atom is 0.293 e. The summed E-state index contributed by atoms with van der Waals surface area (Å²) in [7, 11) is 1.88. The Morgan fingerprint density at radius 1 is 1.35 bits per heavy atom. The largest absolute Gasteiger partial charge is 0.456 e. The summed E-state index contributed by atoms with van der Waals surface area (Å²) in [6, 6.07) is 7.99. The van der Waals surface area contributed by atoms with Gasteiger partial charge in [0.05, 0.1) is 0 Å². The Bertz CT molecular complexity index is 387. The van der Waals surface area contributed by atoms with Crippen molar-refractivity contribution in [2.75, 3.05) is 25.5 Å². The molecule has 0 unspecified atom stereocenters. The quantitative estimate of drug-likeness (QED) is 0.775. The number of hydrogen-bond acceptors (Lipinski definition) is 4. The van der Waals surface area contributed by atoms with E-state index in [4.69, 9.17) is 4.74 Å². The van der Waals surface area contributed by atoms with Crippen LogP contribution in [0.2, 0.25) is 0 Å². The summed E-state index contributed by atoms with van der Waals surface area (Å²) >= 11 is 0. The third kappa shape index (κ3) is 2.26. The third-order valence-electron chi connectivity index (χ3n) is 3.37. The minimum Gasteiger partial charge on any atom is -0.456 e. The van der Waals surface area contributed by atoms with Gasteiger partial charge >= 0.3 is 0 Å². The summed E-state index contributed by atoms with van der Waals surface area (Å²) in [4.78, 5) is 10.8. The fourth-order valence-electron chi connectivity index (χ4n) is 2.47. The molecule has 0 aromatic heterocycles. The number of benzene rings is 1. The number of nitrogens with one attached hydrogen (secondary N) is 2. The molecule has 0 aliphatic carbocycles. The standard InChI is InChI=1S/C13H18N2O2/c1-14-12-5-3-2-4-11(12)13(17-10-16)6-8-15-9-7-13/h2-5,10,14-15H,6-9H2,1H3. The number of hydrogen-bond donors (Lipinski definition) is 2. The fraction of sp³-hybridized carbons (Fsp3) is 0.462. The van der Waals surface area contributed by atoms with Gasteiger partial charge in [0.1, 0.15) is 5.60 Å². The molecule has 1 aliphatic rings. The monoisotopic (exact) mass is 234 g/mol. The molecule has 92 valence electrons. The van der Waals surface area contributed by atoms with E-state index < -0.39 is 5.60 Å². The second-order valence-electron chi connectivity index (χ2n) is 4.25. The minimum atomic E-state index is -0.480. The predicted octanol–water partition coefficient (Wildman–Crippen LogP) is 1.48. The van der Waals surface area contributed by atoms with Crippen LogP contribution in [0.4, 0.5) is 5.69 Å². The van der Waals surface area contributed by atoms with E-state index in [-0.39, 0.29) is 0 Å². The topological polar surface area (TPSA) is 50.4 Å². The fourth-order valence-corrected chi connectivity index (χ4v) is 2.47. The summed E-state index contributed by atoms with van der Waals surface area (Å²) in [6.07, 6.45) is 1.62. The van der Waals surface area contributed by atoms with Gasteiger partial charge in [-0.05, 0) is 19.2 Å². The van der Waals surface area contributed by atoms with Gasteiger partial charge in [-0.2, -0.15) is 0 Å². The van der Waals surface area contributed by atoms with Crippen molar-refractivity contribution in [1.82, 2.24) is 5.32 Å². The van der Waals surface area contributed by atoms with Gasteiger partial charge in [0.25, 0.3) is 6.47 Å². The van der Waals surface area contributed by atoms with E-state index in [0.717, 1.165) is 37.2 Å². The average Bonchev–Trinajstić information content (AvgIpc) is 2.40. The van der Waals surface area contributed by atoms with E-state index in [1.54, 1.807) is 0 Å². The lowest BCUT2D eigenvalue weighted by molar-refractivity contribution is -0.147. The lowest BCUT2D eigenvalue weighted by Gasteiger charge is -2.37. The highest BCUT2D eigenvalue weighted by Crippen LogP contribution is 2.38. The molecule has 0 bridgehead atoms. The summed E-state index contributed by atoms with van der Waals surface area (Å²) in [5, 5.41) is 6.45. The summed E-state index contributed by atoms with van der Waals surface area (Å²) in [5.74, 6) is 0. The van der Waals surface area contributed by atoms with Crippen molar-refractivity contribution in [3.8, 4) is 0 Å². The zero-order chi connectivity index (χ0) is 12.1. The molecule has 17 heavy (non-hydrogen) atoms. The molecule has 4 heteroatoms. The van der Waals surface area contributed by atoms with Crippen LogP contribution in [0.3, 0.4) is 0 Å². The predicted molar refractivity (Wildman–Crippen MR) is 66.9 cm³/mol. The highest BCUT2D eigenvalue weighted by atomic mass is 16.5. The maximum atomic E-state index is 10.8. The lowest BCUT2D eigenvalue weighted by Crippen LogP contribution is -2.42. The smallest absolute Gasteiger partial charge is 0.293 e. The Morgan fingerprint density at radius 3 is 2.71 bits per heavy atom. The number of ether oxygens (including phenoxy) is 1. The number of carbonyl (C=O) groups excluding carboxylic acids is 1. The maximum absolute atomic E-state index is 10.8. The molecule has 0 spiro atoms. The Balaban J connectivity index is 2.40. The van der Waals surface area contributed by atoms with Crippen molar-refractivity contribution >= 4 is 12.2 Å². The van der Waals surface area contributed by atoms with Crippen LogP contribution in [0.1, 0.15) is 18.4 Å². The average molecular weight is 234 g/mol. The molecule has 0 atom stereocenters. The van der Waals surface area contributed by atoms with Gasteiger partial charge in [-0.25, -0.2) is 0 Å². The Hall–Kier alpha value is -1.55. The summed E-state index contributed by atoms with van der Waals surface area (Å²) in [5.41, 5.74) is 1.61. The molecule has 1 aromatic carbocycles. The number of carbonyl (C=O) groups is 1. The summed E-state index contributed by atoms with van der Waals surface area (Å²) in [6.45, 7) is 2.30. The molecule has 1 fully saturated rings. The Morgan fingerprint density at radius 2 is 2.06 bits per heavy atom. The first-order valence-electron chi connectivity index (χ1n) is 5.92. The van der Waals surface area contributed by atoms with Crippen LogP contribution in [0.15, 0.2) is 24.3 Å². The Kier molecular flexibility index (Phi) is 3.64. The van der Waals surface area contributed by atoms with E-state index in [2.05, 4.69) is 10.6 Å². The molecule has 1 aromatic rings. The van der Waals surface area contributed by atoms with Crippen LogP contribution in [-0.2, 0) is 15.1 Å².